The maximum Gasteiger partial charge on any atom is 0.387 e. The van der Waals surface area contributed by atoms with Crippen molar-refractivity contribution in [3.63, 3.8) is 0 Å². The lowest BCUT2D eigenvalue weighted by atomic mass is 10.1. The number of carbonyl (C=O) groups excluding carboxylic acids is 1. The number of nitrogens with one attached hydrogen (secondary N) is 1. The van der Waals surface area contributed by atoms with Crippen molar-refractivity contribution < 1.29 is 23.0 Å². The molecule has 1 atom stereocenters. The van der Waals surface area contributed by atoms with Gasteiger partial charge in [0, 0.05) is 31.0 Å². The maximum absolute atomic E-state index is 12.6. The molecule has 0 unspecified atom stereocenters. The highest BCUT2D eigenvalue weighted by Gasteiger charge is 2.19. The Morgan fingerprint density at radius 3 is 2.37 bits per heavy atom. The molecular formula is C22H27F2N3O3. The minimum absolute atomic E-state index is 0.114. The summed E-state index contributed by atoms with van der Waals surface area (Å²) in [5, 5.41) is 2.94. The molecule has 0 spiro atoms. The molecule has 1 aliphatic heterocycles. The Hall–Kier alpha value is -2.71. The van der Waals surface area contributed by atoms with Crippen molar-refractivity contribution in [2.75, 3.05) is 43.6 Å². The molecule has 0 aliphatic carbocycles. The van der Waals surface area contributed by atoms with Crippen LogP contribution in [0.1, 0.15) is 12.5 Å². The summed E-state index contributed by atoms with van der Waals surface area (Å²) in [6.07, 6.45) is 0. The number of likely N-dealkylation sites (N-methyl/N-ethyl adjacent to an activating group) is 1. The van der Waals surface area contributed by atoms with Gasteiger partial charge in [0.2, 0.25) is 5.91 Å². The number of hydrogen-bond donors (Lipinski definition) is 1. The Kier molecular flexibility index (Phi) is 7.59. The van der Waals surface area contributed by atoms with E-state index in [0.717, 1.165) is 43.2 Å². The van der Waals surface area contributed by atoms with Crippen molar-refractivity contribution in [2.24, 2.45) is 0 Å². The van der Waals surface area contributed by atoms with Crippen LogP contribution in [0.3, 0.4) is 0 Å². The van der Waals surface area contributed by atoms with Gasteiger partial charge in [-0.3, -0.25) is 9.69 Å². The molecule has 1 fully saturated rings. The van der Waals surface area contributed by atoms with Crippen molar-refractivity contribution in [1.82, 2.24) is 4.90 Å². The first-order chi connectivity index (χ1) is 14.4. The molecule has 1 saturated heterocycles. The summed E-state index contributed by atoms with van der Waals surface area (Å²) in [6.45, 7) is 2.66. The highest BCUT2D eigenvalue weighted by atomic mass is 19.3. The summed E-state index contributed by atoms with van der Waals surface area (Å²) >= 11 is 0. The second-order valence-electron chi connectivity index (χ2n) is 7.25. The molecule has 0 aromatic heterocycles. The standard InChI is InChI=1S/C22H27F2N3O3/c1-16(26(2)15-17-3-9-20(10-4-17)30-22(23)24)21(28)25-18-5-7-19(8-6-18)27-11-13-29-14-12-27/h3-10,16,22H,11-15H2,1-2H3,(H,25,28)/t16-/m1/s1. The van der Waals surface area contributed by atoms with E-state index in [0.29, 0.717) is 6.54 Å². The first kappa shape index (κ1) is 22.0. The Balaban J connectivity index is 1.51. The van der Waals surface area contributed by atoms with Gasteiger partial charge in [-0.15, -0.1) is 0 Å². The maximum atomic E-state index is 12.6. The van der Waals surface area contributed by atoms with E-state index in [4.69, 9.17) is 4.74 Å². The minimum Gasteiger partial charge on any atom is -0.435 e. The van der Waals surface area contributed by atoms with Gasteiger partial charge < -0.3 is 19.7 Å². The number of benzene rings is 2. The van der Waals surface area contributed by atoms with Crippen LogP contribution in [0, 0.1) is 0 Å². The van der Waals surface area contributed by atoms with Crippen molar-refractivity contribution in [3.8, 4) is 5.75 Å². The Morgan fingerprint density at radius 2 is 1.77 bits per heavy atom. The van der Waals surface area contributed by atoms with Crippen LogP contribution in [0.2, 0.25) is 0 Å². The number of ether oxygens (including phenoxy) is 2. The molecule has 162 valence electrons. The molecule has 1 amide bonds. The minimum atomic E-state index is -2.84. The summed E-state index contributed by atoms with van der Waals surface area (Å²) in [5.74, 6) is -0.00278. The highest BCUT2D eigenvalue weighted by Crippen LogP contribution is 2.20. The number of hydrogen-bond acceptors (Lipinski definition) is 5. The topological polar surface area (TPSA) is 54.0 Å². The van der Waals surface area contributed by atoms with Gasteiger partial charge in [0.05, 0.1) is 19.3 Å². The Bertz CT molecular complexity index is 809. The van der Waals surface area contributed by atoms with Crippen molar-refractivity contribution in [2.45, 2.75) is 26.1 Å². The van der Waals surface area contributed by atoms with Crippen LogP contribution in [0.5, 0.6) is 5.75 Å². The van der Waals surface area contributed by atoms with E-state index in [1.165, 1.54) is 12.1 Å². The molecule has 1 aliphatic rings. The molecule has 0 saturated carbocycles. The largest absolute Gasteiger partial charge is 0.435 e. The lowest BCUT2D eigenvalue weighted by Gasteiger charge is -2.29. The predicted molar refractivity (Wildman–Crippen MR) is 112 cm³/mol. The monoisotopic (exact) mass is 419 g/mol. The zero-order valence-electron chi connectivity index (χ0n) is 17.2. The average molecular weight is 419 g/mol. The number of morpholine rings is 1. The van der Waals surface area contributed by atoms with Crippen LogP contribution in [-0.2, 0) is 16.1 Å². The van der Waals surface area contributed by atoms with Gasteiger partial charge in [0.15, 0.2) is 0 Å². The fourth-order valence-electron chi connectivity index (χ4n) is 3.23. The molecule has 3 rings (SSSR count). The van der Waals surface area contributed by atoms with Crippen LogP contribution in [-0.4, -0.2) is 56.8 Å². The van der Waals surface area contributed by atoms with E-state index >= 15 is 0 Å². The predicted octanol–water partition coefficient (Wildman–Crippen LogP) is 3.58. The number of rotatable bonds is 8. The van der Waals surface area contributed by atoms with Gasteiger partial charge in [-0.05, 0) is 55.9 Å². The number of carbonyl (C=O) groups is 1. The van der Waals surface area contributed by atoms with Gasteiger partial charge in [-0.2, -0.15) is 8.78 Å². The Morgan fingerprint density at radius 1 is 1.13 bits per heavy atom. The average Bonchev–Trinajstić information content (AvgIpc) is 2.75. The van der Waals surface area contributed by atoms with E-state index in [1.54, 1.807) is 12.1 Å². The molecule has 6 nitrogen and oxygen atoms in total. The fourth-order valence-corrected chi connectivity index (χ4v) is 3.23. The van der Waals surface area contributed by atoms with Crippen molar-refractivity contribution >= 4 is 17.3 Å². The molecule has 1 heterocycles. The van der Waals surface area contributed by atoms with Gasteiger partial charge in [0.1, 0.15) is 5.75 Å². The zero-order chi connectivity index (χ0) is 21.5. The number of anilines is 2. The second-order valence-corrected chi connectivity index (χ2v) is 7.25. The molecule has 2 aromatic carbocycles. The summed E-state index contributed by atoms with van der Waals surface area (Å²) in [4.78, 5) is 16.8. The van der Waals surface area contributed by atoms with Crippen LogP contribution in [0.25, 0.3) is 0 Å². The van der Waals surface area contributed by atoms with Crippen LogP contribution in [0.15, 0.2) is 48.5 Å². The zero-order valence-corrected chi connectivity index (χ0v) is 17.2. The molecular weight excluding hydrogens is 392 g/mol. The molecule has 8 heteroatoms. The molecule has 1 N–H and O–H groups in total. The summed E-state index contributed by atoms with van der Waals surface area (Å²) in [6, 6.07) is 13.8. The molecule has 2 aromatic rings. The normalized spacial score (nSPS) is 15.3. The van der Waals surface area contributed by atoms with Crippen molar-refractivity contribution in [1.29, 1.82) is 0 Å². The highest BCUT2D eigenvalue weighted by molar-refractivity contribution is 5.94. The molecule has 0 bridgehead atoms. The quantitative estimate of drug-likeness (QED) is 0.709. The van der Waals surface area contributed by atoms with E-state index in [1.807, 2.05) is 43.1 Å². The van der Waals surface area contributed by atoms with Gasteiger partial charge in [-0.25, -0.2) is 0 Å². The number of amides is 1. The first-order valence-electron chi connectivity index (χ1n) is 9.90. The first-order valence-corrected chi connectivity index (χ1v) is 9.90. The van der Waals surface area contributed by atoms with Crippen molar-refractivity contribution in [3.05, 3.63) is 54.1 Å². The lowest BCUT2D eigenvalue weighted by Crippen LogP contribution is -2.39. The molecule has 30 heavy (non-hydrogen) atoms. The number of halogens is 2. The third-order valence-corrected chi connectivity index (χ3v) is 5.13. The van der Waals surface area contributed by atoms with Crippen LogP contribution >= 0.6 is 0 Å². The third kappa shape index (κ3) is 6.14. The SMILES string of the molecule is C[C@H](C(=O)Nc1ccc(N2CCOCC2)cc1)N(C)Cc1ccc(OC(F)F)cc1. The number of nitrogens with zero attached hydrogens (tertiary/aromatic N) is 2. The van der Waals surface area contributed by atoms with Gasteiger partial charge in [0.25, 0.3) is 0 Å². The number of alkyl halides is 2. The van der Waals surface area contributed by atoms with Gasteiger partial charge in [-0.1, -0.05) is 12.1 Å². The third-order valence-electron chi connectivity index (χ3n) is 5.13. The van der Waals surface area contributed by atoms with Crippen LogP contribution in [0.4, 0.5) is 20.2 Å². The smallest absolute Gasteiger partial charge is 0.387 e. The van der Waals surface area contributed by atoms with E-state index in [2.05, 4.69) is 15.0 Å². The summed E-state index contributed by atoms with van der Waals surface area (Å²) < 4.78 is 34.2. The van der Waals surface area contributed by atoms with E-state index in [-0.39, 0.29) is 17.7 Å². The van der Waals surface area contributed by atoms with Crippen LogP contribution < -0.4 is 15.0 Å². The second kappa shape index (κ2) is 10.4. The van der Waals surface area contributed by atoms with Gasteiger partial charge >= 0.3 is 6.61 Å². The fraction of sp³-hybridized carbons (Fsp3) is 0.409. The molecule has 0 radical (unpaired) electrons. The Labute approximate surface area is 175 Å². The van der Waals surface area contributed by atoms with E-state index in [9.17, 15) is 13.6 Å². The lowest BCUT2D eigenvalue weighted by molar-refractivity contribution is -0.120. The summed E-state index contributed by atoms with van der Waals surface area (Å²) in [7, 11) is 1.84. The van der Waals surface area contributed by atoms with E-state index < -0.39 is 6.61 Å². The summed E-state index contributed by atoms with van der Waals surface area (Å²) in [5.41, 5.74) is 2.75.